The average Bonchev–Trinajstić information content (AvgIpc) is 3.04. The molecule has 1 N–H and O–H groups in total. The van der Waals surface area contributed by atoms with Crippen molar-refractivity contribution in [3.63, 3.8) is 0 Å². The lowest BCUT2D eigenvalue weighted by Gasteiger charge is -2.18. The summed E-state index contributed by atoms with van der Waals surface area (Å²) in [6.45, 7) is 7.28. The summed E-state index contributed by atoms with van der Waals surface area (Å²) in [6.07, 6.45) is 4.09. The number of nitrogens with one attached hydrogen (secondary N) is 1. The van der Waals surface area contributed by atoms with Crippen LogP contribution in [-0.4, -0.2) is 6.61 Å². The van der Waals surface area contributed by atoms with E-state index in [0.29, 0.717) is 12.6 Å². The minimum atomic E-state index is 0.419. The molecule has 1 heterocycles. The molecule has 0 aliphatic carbocycles. The van der Waals surface area contributed by atoms with E-state index >= 15 is 0 Å². The molecule has 2 nitrogen and oxygen atoms in total. The number of rotatable bonds is 9. The van der Waals surface area contributed by atoms with E-state index in [1.54, 1.807) is 6.08 Å². The summed E-state index contributed by atoms with van der Waals surface area (Å²) >= 11 is 1.82. The van der Waals surface area contributed by atoms with Gasteiger partial charge in [0, 0.05) is 23.0 Å². The Kier molecular flexibility index (Phi) is 6.51. The van der Waals surface area contributed by atoms with Gasteiger partial charge in [-0.2, -0.15) is 0 Å². The third-order valence-electron chi connectivity index (χ3n) is 3.33. The van der Waals surface area contributed by atoms with Gasteiger partial charge in [0.25, 0.3) is 0 Å². The van der Waals surface area contributed by atoms with Crippen LogP contribution in [0.15, 0.2) is 54.4 Å². The van der Waals surface area contributed by atoms with E-state index in [1.807, 2.05) is 23.5 Å². The highest BCUT2D eigenvalue weighted by Crippen LogP contribution is 2.25. The van der Waals surface area contributed by atoms with E-state index in [9.17, 15) is 0 Å². The van der Waals surface area contributed by atoms with Gasteiger partial charge in [0.1, 0.15) is 12.4 Å². The second kappa shape index (κ2) is 8.65. The molecule has 0 spiro atoms. The predicted octanol–water partition coefficient (Wildman–Crippen LogP) is 4.94. The first-order valence-corrected chi connectivity index (χ1v) is 8.31. The maximum Gasteiger partial charge on any atom is 0.124 e. The van der Waals surface area contributed by atoms with Gasteiger partial charge in [-0.15, -0.1) is 11.3 Å². The number of hydrogen-bond acceptors (Lipinski definition) is 3. The molecule has 21 heavy (non-hydrogen) atoms. The summed E-state index contributed by atoms with van der Waals surface area (Å²) in [5, 5.41) is 5.80. The molecule has 0 fully saturated rings. The van der Waals surface area contributed by atoms with Crippen LogP contribution in [0.2, 0.25) is 0 Å². The van der Waals surface area contributed by atoms with Gasteiger partial charge >= 0.3 is 0 Å². The van der Waals surface area contributed by atoms with Crippen molar-refractivity contribution in [2.45, 2.75) is 32.4 Å². The topological polar surface area (TPSA) is 21.3 Å². The minimum absolute atomic E-state index is 0.419. The molecule has 1 aromatic carbocycles. The van der Waals surface area contributed by atoms with Crippen LogP contribution in [0.4, 0.5) is 0 Å². The van der Waals surface area contributed by atoms with Crippen molar-refractivity contribution in [3.8, 4) is 5.75 Å². The first-order valence-electron chi connectivity index (χ1n) is 7.43. The molecule has 1 atom stereocenters. The van der Waals surface area contributed by atoms with Crippen LogP contribution in [0.25, 0.3) is 0 Å². The first-order chi connectivity index (χ1) is 10.3. The zero-order valence-electron chi connectivity index (χ0n) is 12.5. The maximum atomic E-state index is 5.71. The zero-order chi connectivity index (χ0) is 14.9. The van der Waals surface area contributed by atoms with Gasteiger partial charge in [-0.05, 0) is 23.9 Å². The second-order valence-electron chi connectivity index (χ2n) is 4.94. The van der Waals surface area contributed by atoms with Crippen molar-refractivity contribution in [1.82, 2.24) is 5.32 Å². The third-order valence-corrected chi connectivity index (χ3v) is 4.32. The number of thiophene rings is 1. The molecule has 0 radical (unpaired) electrons. The summed E-state index contributed by atoms with van der Waals surface area (Å²) in [4.78, 5) is 1.40. The predicted molar refractivity (Wildman–Crippen MR) is 90.9 cm³/mol. The van der Waals surface area contributed by atoms with Crippen molar-refractivity contribution in [2.75, 3.05) is 6.61 Å². The quantitative estimate of drug-likeness (QED) is 0.662. The smallest absolute Gasteiger partial charge is 0.124 e. The van der Waals surface area contributed by atoms with Gasteiger partial charge in [0.05, 0.1) is 0 Å². The molecule has 112 valence electrons. The van der Waals surface area contributed by atoms with Crippen molar-refractivity contribution in [2.24, 2.45) is 0 Å². The highest BCUT2D eigenvalue weighted by molar-refractivity contribution is 7.10. The van der Waals surface area contributed by atoms with E-state index in [1.165, 1.54) is 16.9 Å². The standard InChI is InChI=1S/C18H23NOS/c1-3-8-16(18-11-7-13-21-18)19-14-15-9-5-6-10-17(15)20-12-4-2/h4-7,9-11,13,16,19H,2-3,8,12,14H2,1H3. The van der Waals surface area contributed by atoms with Crippen LogP contribution in [0, 0.1) is 0 Å². The third kappa shape index (κ3) is 4.73. The van der Waals surface area contributed by atoms with E-state index in [2.05, 4.69) is 48.5 Å². The lowest BCUT2D eigenvalue weighted by Crippen LogP contribution is -2.20. The van der Waals surface area contributed by atoms with Crippen molar-refractivity contribution in [1.29, 1.82) is 0 Å². The molecular formula is C18H23NOS. The second-order valence-corrected chi connectivity index (χ2v) is 5.92. The fraction of sp³-hybridized carbons (Fsp3) is 0.333. The van der Waals surface area contributed by atoms with Crippen LogP contribution in [0.1, 0.15) is 36.2 Å². The summed E-state index contributed by atoms with van der Waals surface area (Å²) in [5.74, 6) is 0.936. The molecule has 0 saturated carbocycles. The number of ether oxygens (including phenoxy) is 1. The van der Waals surface area contributed by atoms with Crippen LogP contribution >= 0.6 is 11.3 Å². The van der Waals surface area contributed by atoms with Gasteiger partial charge < -0.3 is 10.1 Å². The fourth-order valence-electron chi connectivity index (χ4n) is 2.30. The van der Waals surface area contributed by atoms with E-state index in [0.717, 1.165) is 18.7 Å². The Hall–Kier alpha value is -1.58. The Bertz CT molecular complexity index is 536. The number of benzene rings is 1. The Balaban J connectivity index is 2.02. The summed E-state index contributed by atoms with van der Waals surface area (Å²) in [5.41, 5.74) is 1.19. The molecular weight excluding hydrogens is 278 g/mol. The van der Waals surface area contributed by atoms with Gasteiger partial charge in [0.15, 0.2) is 0 Å². The molecule has 1 aromatic heterocycles. The molecule has 0 amide bonds. The molecule has 0 saturated heterocycles. The number of hydrogen-bond donors (Lipinski definition) is 1. The molecule has 0 aliphatic heterocycles. The van der Waals surface area contributed by atoms with E-state index in [4.69, 9.17) is 4.74 Å². The molecule has 3 heteroatoms. The summed E-state index contributed by atoms with van der Waals surface area (Å²) in [6, 6.07) is 12.9. The highest BCUT2D eigenvalue weighted by Gasteiger charge is 2.12. The first kappa shape index (κ1) is 15.8. The SMILES string of the molecule is C=CCOc1ccccc1CNC(CCC)c1cccs1. The van der Waals surface area contributed by atoms with Gasteiger partial charge in [0.2, 0.25) is 0 Å². The zero-order valence-corrected chi connectivity index (χ0v) is 13.4. The summed E-state index contributed by atoms with van der Waals surface area (Å²) in [7, 11) is 0. The van der Waals surface area contributed by atoms with Crippen LogP contribution < -0.4 is 10.1 Å². The normalized spacial score (nSPS) is 12.0. The van der Waals surface area contributed by atoms with Crippen molar-refractivity contribution >= 4 is 11.3 Å². The lowest BCUT2D eigenvalue weighted by molar-refractivity contribution is 0.356. The average molecular weight is 301 g/mol. The summed E-state index contributed by atoms with van der Waals surface area (Å²) < 4.78 is 5.71. The fourth-order valence-corrected chi connectivity index (χ4v) is 3.13. The Morgan fingerprint density at radius 1 is 1.29 bits per heavy atom. The van der Waals surface area contributed by atoms with Crippen LogP contribution in [-0.2, 0) is 6.54 Å². The molecule has 0 bridgehead atoms. The molecule has 1 unspecified atom stereocenters. The lowest BCUT2D eigenvalue weighted by atomic mass is 10.1. The Morgan fingerprint density at radius 3 is 2.86 bits per heavy atom. The van der Waals surface area contributed by atoms with Gasteiger partial charge in [-0.25, -0.2) is 0 Å². The molecule has 2 aromatic rings. The van der Waals surface area contributed by atoms with E-state index < -0.39 is 0 Å². The highest BCUT2D eigenvalue weighted by atomic mass is 32.1. The van der Waals surface area contributed by atoms with Crippen LogP contribution in [0.5, 0.6) is 5.75 Å². The minimum Gasteiger partial charge on any atom is -0.489 e. The van der Waals surface area contributed by atoms with Crippen molar-refractivity contribution < 1.29 is 4.74 Å². The van der Waals surface area contributed by atoms with Crippen molar-refractivity contribution in [3.05, 3.63) is 64.9 Å². The molecule has 0 aliphatic rings. The maximum absolute atomic E-state index is 5.71. The number of para-hydroxylation sites is 1. The largest absolute Gasteiger partial charge is 0.489 e. The Morgan fingerprint density at radius 2 is 2.14 bits per heavy atom. The Labute approximate surface area is 131 Å². The van der Waals surface area contributed by atoms with Gasteiger partial charge in [-0.1, -0.05) is 50.3 Å². The molecule has 2 rings (SSSR count). The monoisotopic (exact) mass is 301 g/mol. The van der Waals surface area contributed by atoms with Gasteiger partial charge in [-0.3, -0.25) is 0 Å². The van der Waals surface area contributed by atoms with E-state index in [-0.39, 0.29) is 0 Å². The van der Waals surface area contributed by atoms with Crippen LogP contribution in [0.3, 0.4) is 0 Å².